The first kappa shape index (κ1) is 23.7. The lowest BCUT2D eigenvalue weighted by atomic mass is 9.96. The molecule has 1 unspecified atom stereocenters. The van der Waals surface area contributed by atoms with Gasteiger partial charge in [-0.25, -0.2) is 13.4 Å². The van der Waals surface area contributed by atoms with Crippen molar-refractivity contribution in [2.75, 3.05) is 36.0 Å². The van der Waals surface area contributed by atoms with Crippen LogP contribution in [0.15, 0.2) is 48.5 Å². The van der Waals surface area contributed by atoms with Crippen LogP contribution >= 0.6 is 0 Å². The first-order chi connectivity index (χ1) is 16.6. The standard InChI is InChI=1S/C24H25F3N4O3S/c25-24(26,27)18-6-7-19-20(14-18)29-23(28-19)30-10-11-31(21(15-30)16-4-2-1-3-5-16)22(32)17-8-12-35(33,34)13-9-17/h1-7,14,17,21H,8-13,15H2,(H,28,29). The number of hydrogen-bond donors (Lipinski definition) is 1. The third-order valence-corrected chi connectivity index (χ3v) is 8.56. The van der Waals surface area contributed by atoms with Crippen molar-refractivity contribution >= 4 is 32.7 Å². The monoisotopic (exact) mass is 506 g/mol. The number of halogens is 3. The predicted octanol–water partition coefficient (Wildman–Crippen LogP) is 3.80. The second-order valence-corrected chi connectivity index (χ2v) is 11.4. The molecule has 2 saturated heterocycles. The Balaban J connectivity index is 1.41. The van der Waals surface area contributed by atoms with E-state index < -0.39 is 21.6 Å². The highest BCUT2D eigenvalue weighted by Gasteiger charge is 2.38. The van der Waals surface area contributed by atoms with Gasteiger partial charge in [-0.05, 0) is 36.6 Å². The summed E-state index contributed by atoms with van der Waals surface area (Å²) in [5, 5.41) is 0. The molecule has 5 rings (SSSR count). The molecule has 0 saturated carbocycles. The second-order valence-electron chi connectivity index (χ2n) is 9.12. The summed E-state index contributed by atoms with van der Waals surface area (Å²) in [6.45, 7) is 1.26. The van der Waals surface area contributed by atoms with E-state index >= 15 is 0 Å². The lowest BCUT2D eigenvalue weighted by molar-refractivity contribution is -0.139. The van der Waals surface area contributed by atoms with Crippen molar-refractivity contribution < 1.29 is 26.4 Å². The summed E-state index contributed by atoms with van der Waals surface area (Å²) < 4.78 is 63.0. The van der Waals surface area contributed by atoms with Crippen molar-refractivity contribution in [3.8, 4) is 0 Å². The topological polar surface area (TPSA) is 86.4 Å². The number of sulfone groups is 1. The molecule has 35 heavy (non-hydrogen) atoms. The van der Waals surface area contributed by atoms with Gasteiger partial charge in [0.15, 0.2) is 0 Å². The van der Waals surface area contributed by atoms with Gasteiger partial charge in [-0.1, -0.05) is 30.3 Å². The number of alkyl halides is 3. The number of nitrogens with zero attached hydrogens (tertiary/aromatic N) is 3. The summed E-state index contributed by atoms with van der Waals surface area (Å²) in [5.74, 6) is 0.128. The Morgan fingerprint density at radius 2 is 1.74 bits per heavy atom. The number of amides is 1. The fourth-order valence-electron chi connectivity index (χ4n) is 4.89. The molecule has 0 spiro atoms. The predicted molar refractivity (Wildman–Crippen MR) is 126 cm³/mol. The first-order valence-corrected chi connectivity index (χ1v) is 13.3. The number of carbonyl (C=O) groups excluding carboxylic acids is 1. The SMILES string of the molecule is O=C(C1CCS(=O)(=O)CC1)N1CCN(c2nc3ccc(C(F)(F)F)cc3[nH]2)CC1c1ccccc1. The van der Waals surface area contributed by atoms with E-state index in [4.69, 9.17) is 0 Å². The maximum absolute atomic E-state index is 13.4. The van der Waals surface area contributed by atoms with Gasteiger partial charge in [0.2, 0.25) is 11.9 Å². The van der Waals surface area contributed by atoms with Crippen LogP contribution in [0.4, 0.5) is 19.1 Å². The van der Waals surface area contributed by atoms with E-state index in [0.717, 1.165) is 17.7 Å². The number of H-pyrrole nitrogens is 1. The summed E-state index contributed by atoms with van der Waals surface area (Å²) in [6.07, 6.45) is -3.79. The number of imidazole rings is 1. The second kappa shape index (κ2) is 8.85. The number of rotatable bonds is 3. The largest absolute Gasteiger partial charge is 0.416 e. The van der Waals surface area contributed by atoms with Gasteiger partial charge in [-0.15, -0.1) is 0 Å². The Labute approximate surface area is 200 Å². The Morgan fingerprint density at radius 1 is 1.03 bits per heavy atom. The fourth-order valence-corrected chi connectivity index (χ4v) is 6.38. The number of aromatic nitrogens is 2. The number of nitrogens with one attached hydrogen (secondary N) is 1. The van der Waals surface area contributed by atoms with Crippen LogP contribution in [0.5, 0.6) is 0 Å². The minimum absolute atomic E-state index is 0.0261. The smallest absolute Gasteiger partial charge is 0.338 e. The molecule has 1 atom stereocenters. The van der Waals surface area contributed by atoms with Crippen LogP contribution in [0.3, 0.4) is 0 Å². The molecular weight excluding hydrogens is 481 g/mol. The van der Waals surface area contributed by atoms with Crippen LogP contribution in [0.2, 0.25) is 0 Å². The Morgan fingerprint density at radius 3 is 2.43 bits per heavy atom. The molecule has 1 aromatic heterocycles. The lowest BCUT2D eigenvalue weighted by Crippen LogP contribution is -2.53. The minimum Gasteiger partial charge on any atom is -0.338 e. The van der Waals surface area contributed by atoms with Gasteiger partial charge in [0.05, 0.1) is 34.1 Å². The van der Waals surface area contributed by atoms with Gasteiger partial charge in [0, 0.05) is 25.6 Å². The molecule has 3 aromatic rings. The first-order valence-electron chi connectivity index (χ1n) is 11.5. The molecular formula is C24H25F3N4O3S. The van der Waals surface area contributed by atoms with Gasteiger partial charge in [-0.2, -0.15) is 13.2 Å². The normalized spacial score (nSPS) is 21.4. The number of aromatic amines is 1. The van der Waals surface area contributed by atoms with E-state index in [1.54, 1.807) is 0 Å². The third-order valence-electron chi connectivity index (χ3n) is 6.85. The van der Waals surface area contributed by atoms with Crippen molar-refractivity contribution in [3.05, 3.63) is 59.7 Å². The number of hydrogen-bond acceptors (Lipinski definition) is 5. The van der Waals surface area contributed by atoms with E-state index in [1.807, 2.05) is 40.1 Å². The highest BCUT2D eigenvalue weighted by molar-refractivity contribution is 7.91. The van der Waals surface area contributed by atoms with Crippen molar-refractivity contribution in [2.45, 2.75) is 25.1 Å². The zero-order valence-electron chi connectivity index (χ0n) is 18.8. The molecule has 1 amide bonds. The van der Waals surface area contributed by atoms with Crippen LogP contribution in [0, 0.1) is 5.92 Å². The van der Waals surface area contributed by atoms with E-state index in [1.165, 1.54) is 6.07 Å². The van der Waals surface area contributed by atoms with Crippen LogP contribution in [-0.2, 0) is 20.8 Å². The van der Waals surface area contributed by atoms with Crippen molar-refractivity contribution in [3.63, 3.8) is 0 Å². The molecule has 0 radical (unpaired) electrons. The zero-order valence-corrected chi connectivity index (χ0v) is 19.6. The summed E-state index contributed by atoms with van der Waals surface area (Å²) >= 11 is 0. The molecule has 3 heterocycles. The van der Waals surface area contributed by atoms with E-state index in [9.17, 15) is 26.4 Å². The molecule has 0 bridgehead atoms. The van der Waals surface area contributed by atoms with Crippen molar-refractivity contribution in [1.29, 1.82) is 0 Å². The summed E-state index contributed by atoms with van der Waals surface area (Å²) in [4.78, 5) is 24.7. The van der Waals surface area contributed by atoms with Crippen LogP contribution < -0.4 is 4.90 Å². The highest BCUT2D eigenvalue weighted by Crippen LogP contribution is 2.34. The van der Waals surface area contributed by atoms with E-state index in [-0.39, 0.29) is 29.4 Å². The Hall–Kier alpha value is -3.08. The summed E-state index contributed by atoms with van der Waals surface area (Å²) in [7, 11) is -3.08. The molecule has 2 aliphatic heterocycles. The summed E-state index contributed by atoms with van der Waals surface area (Å²) in [5.41, 5.74) is 0.927. The van der Waals surface area contributed by atoms with Gasteiger partial charge in [0.1, 0.15) is 9.84 Å². The fraction of sp³-hybridized carbons (Fsp3) is 0.417. The average molecular weight is 507 g/mol. The highest BCUT2D eigenvalue weighted by atomic mass is 32.2. The maximum atomic E-state index is 13.4. The Kier molecular flexibility index (Phi) is 5.98. The minimum atomic E-state index is -4.44. The molecule has 1 N–H and O–H groups in total. The van der Waals surface area contributed by atoms with Gasteiger partial charge in [0.25, 0.3) is 0 Å². The van der Waals surface area contributed by atoms with Crippen molar-refractivity contribution in [2.24, 2.45) is 5.92 Å². The molecule has 0 aliphatic carbocycles. The third kappa shape index (κ3) is 4.86. The van der Waals surface area contributed by atoms with Gasteiger partial charge < -0.3 is 14.8 Å². The quantitative estimate of drug-likeness (QED) is 0.584. The maximum Gasteiger partial charge on any atom is 0.416 e. The molecule has 11 heteroatoms. The van der Waals surface area contributed by atoms with Crippen molar-refractivity contribution in [1.82, 2.24) is 14.9 Å². The van der Waals surface area contributed by atoms with Gasteiger partial charge in [-0.3, -0.25) is 4.79 Å². The van der Waals surface area contributed by atoms with E-state index in [0.29, 0.717) is 49.5 Å². The molecule has 2 aromatic carbocycles. The zero-order chi connectivity index (χ0) is 24.8. The number of anilines is 1. The molecule has 186 valence electrons. The average Bonchev–Trinajstić information content (AvgIpc) is 3.27. The molecule has 7 nitrogen and oxygen atoms in total. The van der Waals surface area contributed by atoms with E-state index in [2.05, 4.69) is 9.97 Å². The van der Waals surface area contributed by atoms with Crippen LogP contribution in [0.1, 0.15) is 30.0 Å². The molecule has 2 fully saturated rings. The number of fused-ring (bicyclic) bond motifs is 1. The Bertz CT molecular complexity index is 1330. The number of carbonyl (C=O) groups is 1. The van der Waals surface area contributed by atoms with Crippen LogP contribution in [-0.4, -0.2) is 60.3 Å². The summed E-state index contributed by atoms with van der Waals surface area (Å²) in [6, 6.07) is 12.7. The molecule has 2 aliphatic rings. The van der Waals surface area contributed by atoms with Crippen LogP contribution in [0.25, 0.3) is 11.0 Å². The van der Waals surface area contributed by atoms with Gasteiger partial charge >= 0.3 is 6.18 Å². The number of benzene rings is 2. The lowest BCUT2D eigenvalue weighted by Gasteiger charge is -2.43. The number of piperazine rings is 1.